The fourth-order valence-corrected chi connectivity index (χ4v) is 2.74. The zero-order valence-electron chi connectivity index (χ0n) is 13.8. The number of hydrogen-bond donors (Lipinski definition) is 1. The van der Waals surface area contributed by atoms with Gasteiger partial charge >= 0.3 is 12.3 Å². The fourth-order valence-electron chi connectivity index (χ4n) is 2.74. The second-order valence-electron chi connectivity index (χ2n) is 6.91. The number of rotatable bonds is 2. The molecule has 1 amide bonds. The van der Waals surface area contributed by atoms with E-state index in [2.05, 4.69) is 5.32 Å². The van der Waals surface area contributed by atoms with Crippen LogP contribution >= 0.6 is 0 Å². The Morgan fingerprint density at radius 3 is 2.42 bits per heavy atom. The summed E-state index contributed by atoms with van der Waals surface area (Å²) in [5.74, 6) is -0.450. The molecule has 2 rings (SSSR count). The lowest BCUT2D eigenvalue weighted by molar-refractivity contribution is -0.138. The van der Waals surface area contributed by atoms with E-state index in [9.17, 15) is 22.8 Å². The Hall–Kier alpha value is -2.05. The van der Waals surface area contributed by atoms with E-state index in [1.807, 2.05) is 0 Å². The number of alkyl halides is 3. The second kappa shape index (κ2) is 6.45. The standard InChI is InChI=1S/C17H20F3NO3/c1-16(2,3)24-15(23)21-11-5-7-13(10-4-6-12(22)8-10)14(9-11)17(18,19)20/h5,7,9-10H,4,6,8H2,1-3H3,(H,21,23). The molecule has 0 radical (unpaired) electrons. The van der Waals surface area contributed by atoms with Crippen LogP contribution < -0.4 is 5.32 Å². The molecule has 0 aliphatic heterocycles. The number of nitrogens with one attached hydrogen (secondary N) is 1. The van der Waals surface area contributed by atoms with Gasteiger partial charge in [0.05, 0.1) is 5.56 Å². The molecular formula is C17H20F3NO3. The van der Waals surface area contributed by atoms with Gasteiger partial charge in [0.15, 0.2) is 0 Å². The Kier molecular flexibility index (Phi) is 4.92. The number of ketones is 1. The van der Waals surface area contributed by atoms with E-state index in [0.717, 1.165) is 6.07 Å². The Morgan fingerprint density at radius 2 is 1.92 bits per heavy atom. The van der Waals surface area contributed by atoms with Crippen molar-refractivity contribution < 1.29 is 27.5 Å². The summed E-state index contributed by atoms with van der Waals surface area (Å²) >= 11 is 0. The molecule has 7 heteroatoms. The van der Waals surface area contributed by atoms with Crippen molar-refractivity contribution in [3.8, 4) is 0 Å². The van der Waals surface area contributed by atoms with Crippen LogP contribution in [0.5, 0.6) is 0 Å². The molecule has 0 heterocycles. The number of amides is 1. The zero-order chi connectivity index (χ0) is 18.1. The predicted octanol–water partition coefficient (Wildman–Crippen LogP) is 4.89. The van der Waals surface area contributed by atoms with Crippen molar-refractivity contribution in [3.05, 3.63) is 29.3 Å². The third-order valence-corrected chi connectivity index (χ3v) is 3.69. The predicted molar refractivity (Wildman–Crippen MR) is 82.9 cm³/mol. The summed E-state index contributed by atoms with van der Waals surface area (Å²) in [4.78, 5) is 23.1. The van der Waals surface area contributed by atoms with Gasteiger partial charge in [-0.15, -0.1) is 0 Å². The molecule has 0 saturated heterocycles. The highest BCUT2D eigenvalue weighted by atomic mass is 19.4. The monoisotopic (exact) mass is 343 g/mol. The van der Waals surface area contributed by atoms with Gasteiger partial charge in [0, 0.05) is 18.5 Å². The van der Waals surface area contributed by atoms with Crippen molar-refractivity contribution in [1.29, 1.82) is 0 Å². The van der Waals surface area contributed by atoms with Gasteiger partial charge < -0.3 is 4.74 Å². The first-order valence-corrected chi connectivity index (χ1v) is 7.68. The molecule has 0 bridgehead atoms. The number of carbonyl (C=O) groups excluding carboxylic acids is 2. The zero-order valence-corrected chi connectivity index (χ0v) is 13.8. The minimum absolute atomic E-state index is 0.00430. The van der Waals surface area contributed by atoms with E-state index in [1.54, 1.807) is 20.8 Å². The van der Waals surface area contributed by atoms with Crippen molar-refractivity contribution in [1.82, 2.24) is 0 Å². The van der Waals surface area contributed by atoms with E-state index in [0.29, 0.717) is 12.8 Å². The summed E-state index contributed by atoms with van der Waals surface area (Å²) in [7, 11) is 0. The molecule has 1 saturated carbocycles. The molecule has 1 N–H and O–H groups in total. The van der Waals surface area contributed by atoms with E-state index >= 15 is 0 Å². The third-order valence-electron chi connectivity index (χ3n) is 3.69. The van der Waals surface area contributed by atoms with E-state index in [-0.39, 0.29) is 23.5 Å². The lowest BCUT2D eigenvalue weighted by atomic mass is 9.92. The highest BCUT2D eigenvalue weighted by Crippen LogP contribution is 2.41. The maximum Gasteiger partial charge on any atom is 0.416 e. The van der Waals surface area contributed by atoms with Gasteiger partial charge in [-0.05, 0) is 50.8 Å². The topological polar surface area (TPSA) is 55.4 Å². The highest BCUT2D eigenvalue weighted by Gasteiger charge is 2.37. The molecule has 24 heavy (non-hydrogen) atoms. The fraction of sp³-hybridized carbons (Fsp3) is 0.529. The van der Waals surface area contributed by atoms with Gasteiger partial charge in [-0.25, -0.2) is 4.79 Å². The van der Waals surface area contributed by atoms with Crippen LogP contribution in [0.3, 0.4) is 0 Å². The minimum Gasteiger partial charge on any atom is -0.444 e. The Labute approximate surface area is 138 Å². The molecule has 1 fully saturated rings. The first-order chi connectivity index (χ1) is 11.0. The minimum atomic E-state index is -4.56. The van der Waals surface area contributed by atoms with Crippen LogP contribution in [0.25, 0.3) is 0 Å². The first kappa shape index (κ1) is 18.3. The molecule has 1 aliphatic rings. The van der Waals surface area contributed by atoms with Gasteiger partial charge in [-0.2, -0.15) is 13.2 Å². The van der Waals surface area contributed by atoms with Crippen LogP contribution in [-0.2, 0) is 15.7 Å². The maximum absolute atomic E-state index is 13.4. The summed E-state index contributed by atoms with van der Waals surface area (Å²) < 4.78 is 45.1. The van der Waals surface area contributed by atoms with Gasteiger partial charge in [0.25, 0.3) is 0 Å². The third kappa shape index (κ3) is 4.72. The van der Waals surface area contributed by atoms with E-state index in [1.165, 1.54) is 12.1 Å². The molecule has 4 nitrogen and oxygen atoms in total. The molecule has 132 valence electrons. The van der Waals surface area contributed by atoms with Crippen LogP contribution in [0, 0.1) is 0 Å². The number of hydrogen-bond acceptors (Lipinski definition) is 3. The normalized spacial score (nSPS) is 18.6. The number of Topliss-reactive ketones (excluding diaryl/α,β-unsaturated/α-hetero) is 1. The summed E-state index contributed by atoms with van der Waals surface area (Å²) in [5.41, 5.74) is -1.47. The van der Waals surface area contributed by atoms with E-state index < -0.39 is 29.4 Å². The lowest BCUT2D eigenvalue weighted by Crippen LogP contribution is -2.27. The summed E-state index contributed by atoms with van der Waals surface area (Å²) in [6.07, 6.45) is -4.53. The van der Waals surface area contributed by atoms with Crippen molar-refractivity contribution in [2.75, 3.05) is 5.32 Å². The largest absolute Gasteiger partial charge is 0.444 e. The highest BCUT2D eigenvalue weighted by molar-refractivity contribution is 5.85. The number of anilines is 1. The molecule has 0 aromatic heterocycles. The van der Waals surface area contributed by atoms with E-state index in [4.69, 9.17) is 4.74 Å². The van der Waals surface area contributed by atoms with Crippen LogP contribution in [0.15, 0.2) is 18.2 Å². The molecule has 1 aromatic carbocycles. The smallest absolute Gasteiger partial charge is 0.416 e. The average molecular weight is 343 g/mol. The quantitative estimate of drug-likeness (QED) is 0.832. The maximum atomic E-state index is 13.4. The Bertz CT molecular complexity index is 647. The number of ether oxygens (including phenoxy) is 1. The second-order valence-corrected chi connectivity index (χ2v) is 6.91. The van der Waals surface area contributed by atoms with Crippen LogP contribution in [0.4, 0.5) is 23.7 Å². The van der Waals surface area contributed by atoms with Gasteiger partial charge in [0.1, 0.15) is 11.4 Å². The van der Waals surface area contributed by atoms with Gasteiger partial charge in [-0.1, -0.05) is 6.07 Å². The van der Waals surface area contributed by atoms with Gasteiger partial charge in [0.2, 0.25) is 0 Å². The van der Waals surface area contributed by atoms with Crippen molar-refractivity contribution in [3.63, 3.8) is 0 Å². The molecule has 0 spiro atoms. The lowest BCUT2D eigenvalue weighted by Gasteiger charge is -2.21. The van der Waals surface area contributed by atoms with Crippen LogP contribution in [0.1, 0.15) is 57.1 Å². The van der Waals surface area contributed by atoms with Crippen molar-refractivity contribution in [2.45, 2.75) is 57.7 Å². The molecule has 1 atom stereocenters. The Balaban J connectivity index is 2.27. The summed E-state index contributed by atoms with van der Waals surface area (Å²) in [6, 6.07) is 3.62. The van der Waals surface area contributed by atoms with Crippen molar-refractivity contribution in [2.24, 2.45) is 0 Å². The Morgan fingerprint density at radius 1 is 1.25 bits per heavy atom. The number of carbonyl (C=O) groups is 2. The number of benzene rings is 1. The molecule has 1 aromatic rings. The molecular weight excluding hydrogens is 323 g/mol. The van der Waals surface area contributed by atoms with Crippen molar-refractivity contribution >= 4 is 17.6 Å². The van der Waals surface area contributed by atoms with Crippen LogP contribution in [-0.4, -0.2) is 17.5 Å². The molecule has 1 unspecified atom stereocenters. The first-order valence-electron chi connectivity index (χ1n) is 7.68. The summed E-state index contributed by atoms with van der Waals surface area (Å²) in [5, 5.41) is 2.31. The van der Waals surface area contributed by atoms with Crippen LogP contribution in [0.2, 0.25) is 0 Å². The summed E-state index contributed by atoms with van der Waals surface area (Å²) in [6.45, 7) is 4.98. The SMILES string of the molecule is CC(C)(C)OC(=O)Nc1ccc(C2CCC(=O)C2)c(C(F)(F)F)c1. The number of halogens is 3. The molecule has 1 aliphatic carbocycles. The van der Waals surface area contributed by atoms with Gasteiger partial charge in [-0.3, -0.25) is 10.1 Å². The average Bonchev–Trinajstić information content (AvgIpc) is 2.82.